The predicted octanol–water partition coefficient (Wildman–Crippen LogP) is 4.15. The Morgan fingerprint density at radius 3 is 2.59 bits per heavy atom. The van der Waals surface area contributed by atoms with Crippen LogP contribution in [0.2, 0.25) is 0 Å². The van der Waals surface area contributed by atoms with Gasteiger partial charge in [0.05, 0.1) is 10.9 Å². The highest BCUT2D eigenvalue weighted by molar-refractivity contribution is 6.05. The van der Waals surface area contributed by atoms with E-state index in [-0.39, 0.29) is 24.3 Å². The van der Waals surface area contributed by atoms with Gasteiger partial charge in [-0.2, -0.15) is 0 Å². The molecular formula is C27H24N4O6. The molecule has 0 aliphatic rings. The molecule has 5 N–H and O–H groups in total. The highest BCUT2D eigenvalue weighted by Gasteiger charge is 2.24. The molecule has 0 aliphatic carbocycles. The lowest BCUT2D eigenvalue weighted by Crippen LogP contribution is -2.19. The maximum atomic E-state index is 12.6. The summed E-state index contributed by atoms with van der Waals surface area (Å²) in [5.74, 6) is -1.99. The summed E-state index contributed by atoms with van der Waals surface area (Å²) in [6.07, 6.45) is 1.03. The van der Waals surface area contributed by atoms with Crippen LogP contribution in [0.5, 0.6) is 5.88 Å². The largest absolute Gasteiger partial charge is 0.494 e. The second-order valence-electron chi connectivity index (χ2n) is 8.97. The lowest BCUT2D eigenvalue weighted by Gasteiger charge is -2.14. The normalized spacial score (nSPS) is 12.2. The molecule has 0 saturated heterocycles. The van der Waals surface area contributed by atoms with Crippen LogP contribution in [0, 0.1) is 6.92 Å². The number of hydrogen-bond donors (Lipinski definition) is 5. The molecule has 0 radical (unpaired) electrons. The summed E-state index contributed by atoms with van der Waals surface area (Å²) in [5.41, 5.74) is 2.14. The van der Waals surface area contributed by atoms with Gasteiger partial charge in [0.1, 0.15) is 11.9 Å². The van der Waals surface area contributed by atoms with Crippen LogP contribution < -0.4 is 10.9 Å². The lowest BCUT2D eigenvalue weighted by molar-refractivity contribution is -0.142. The van der Waals surface area contributed by atoms with E-state index < -0.39 is 18.0 Å². The van der Waals surface area contributed by atoms with Crippen LogP contribution in [0.1, 0.15) is 30.3 Å². The quantitative estimate of drug-likeness (QED) is 0.199. The SMILES string of the molecule is Cc1nc2ccc3ccc(CNc4ccc5c(O)n(C(CCC(=O)O)C(=O)O)cc5c4)cc3c2c(=O)[nH]1. The monoisotopic (exact) mass is 500 g/mol. The highest BCUT2D eigenvalue weighted by atomic mass is 16.4. The number of rotatable bonds is 8. The molecule has 0 bridgehead atoms. The molecule has 0 aliphatic heterocycles. The van der Waals surface area contributed by atoms with Crippen LogP contribution >= 0.6 is 0 Å². The molecule has 188 valence electrons. The van der Waals surface area contributed by atoms with Crippen LogP contribution in [0.4, 0.5) is 5.69 Å². The maximum Gasteiger partial charge on any atom is 0.326 e. The zero-order valence-electron chi connectivity index (χ0n) is 19.9. The molecule has 2 heterocycles. The summed E-state index contributed by atoms with van der Waals surface area (Å²) in [6, 6.07) is 13.7. The minimum atomic E-state index is -1.22. The van der Waals surface area contributed by atoms with Gasteiger partial charge in [-0.15, -0.1) is 0 Å². The number of fused-ring (bicyclic) bond motifs is 4. The number of nitrogens with one attached hydrogen (secondary N) is 2. The summed E-state index contributed by atoms with van der Waals surface area (Å²) in [5, 5.41) is 35.8. The summed E-state index contributed by atoms with van der Waals surface area (Å²) in [4.78, 5) is 42.5. The van der Waals surface area contributed by atoms with E-state index in [0.29, 0.717) is 34.0 Å². The summed E-state index contributed by atoms with van der Waals surface area (Å²) >= 11 is 0. The van der Waals surface area contributed by atoms with E-state index in [1.54, 1.807) is 25.1 Å². The van der Waals surface area contributed by atoms with Crippen molar-refractivity contribution in [2.24, 2.45) is 0 Å². The number of benzene rings is 3. The number of H-pyrrole nitrogens is 1. The highest BCUT2D eigenvalue weighted by Crippen LogP contribution is 2.33. The number of carbonyl (C=O) groups is 2. The first-order valence-corrected chi connectivity index (χ1v) is 11.7. The van der Waals surface area contributed by atoms with E-state index in [2.05, 4.69) is 15.3 Å². The fourth-order valence-corrected chi connectivity index (χ4v) is 4.65. The van der Waals surface area contributed by atoms with Crippen molar-refractivity contribution < 1.29 is 24.9 Å². The fraction of sp³-hybridized carbons (Fsp3) is 0.185. The number of aromatic amines is 1. The predicted molar refractivity (Wildman–Crippen MR) is 139 cm³/mol. The van der Waals surface area contributed by atoms with E-state index in [9.17, 15) is 24.6 Å². The summed E-state index contributed by atoms with van der Waals surface area (Å²) < 4.78 is 1.20. The first-order valence-electron chi connectivity index (χ1n) is 11.7. The van der Waals surface area contributed by atoms with Gasteiger partial charge in [-0.1, -0.05) is 18.2 Å². The molecule has 3 aromatic carbocycles. The van der Waals surface area contributed by atoms with E-state index in [1.165, 1.54) is 10.8 Å². The van der Waals surface area contributed by atoms with Crippen molar-refractivity contribution in [2.45, 2.75) is 32.4 Å². The molecule has 10 heteroatoms. The van der Waals surface area contributed by atoms with Crippen molar-refractivity contribution in [1.29, 1.82) is 0 Å². The van der Waals surface area contributed by atoms with Gasteiger partial charge in [0, 0.05) is 35.6 Å². The Labute approximate surface area is 209 Å². The number of aromatic hydroxyl groups is 1. The topological polar surface area (TPSA) is 158 Å². The molecule has 37 heavy (non-hydrogen) atoms. The van der Waals surface area contributed by atoms with Gasteiger partial charge in [-0.05, 0) is 60.0 Å². The average Bonchev–Trinajstić information content (AvgIpc) is 3.17. The molecule has 5 aromatic rings. The Balaban J connectivity index is 1.42. The summed E-state index contributed by atoms with van der Waals surface area (Å²) in [7, 11) is 0. The second kappa shape index (κ2) is 9.30. The van der Waals surface area contributed by atoms with Crippen LogP contribution in [0.25, 0.3) is 32.4 Å². The second-order valence-corrected chi connectivity index (χ2v) is 8.97. The van der Waals surface area contributed by atoms with Crippen LogP contribution in [0.15, 0.2) is 59.5 Å². The molecule has 0 amide bonds. The Morgan fingerprint density at radius 1 is 1.05 bits per heavy atom. The minimum absolute atomic E-state index is 0.154. The number of aliphatic carboxylic acids is 2. The zero-order valence-corrected chi connectivity index (χ0v) is 19.9. The number of carboxylic acids is 2. The third kappa shape index (κ3) is 4.56. The van der Waals surface area contributed by atoms with Gasteiger partial charge >= 0.3 is 11.9 Å². The molecule has 0 saturated carbocycles. The average molecular weight is 501 g/mol. The van der Waals surface area contributed by atoms with Gasteiger partial charge in [-0.25, -0.2) is 9.78 Å². The number of aromatic nitrogens is 3. The lowest BCUT2D eigenvalue weighted by atomic mass is 10.0. The van der Waals surface area contributed by atoms with Gasteiger partial charge in [0.25, 0.3) is 5.56 Å². The van der Waals surface area contributed by atoms with Crippen molar-refractivity contribution in [2.75, 3.05) is 5.32 Å². The first-order chi connectivity index (χ1) is 17.7. The van der Waals surface area contributed by atoms with Crippen molar-refractivity contribution >= 4 is 50.1 Å². The van der Waals surface area contributed by atoms with E-state index in [0.717, 1.165) is 22.0 Å². The van der Waals surface area contributed by atoms with E-state index in [4.69, 9.17) is 5.11 Å². The Hall–Kier alpha value is -4.86. The van der Waals surface area contributed by atoms with Crippen molar-refractivity contribution in [3.8, 4) is 5.88 Å². The van der Waals surface area contributed by atoms with Gasteiger partial charge in [0.2, 0.25) is 0 Å². The van der Waals surface area contributed by atoms with Gasteiger partial charge in [0.15, 0.2) is 5.88 Å². The number of hydrogen-bond acceptors (Lipinski definition) is 6. The number of nitrogens with zero attached hydrogens (tertiary/aromatic N) is 2. The molecule has 2 aromatic heterocycles. The molecule has 0 spiro atoms. The van der Waals surface area contributed by atoms with E-state index in [1.807, 2.05) is 30.3 Å². The molecule has 5 rings (SSSR count). The molecule has 1 unspecified atom stereocenters. The van der Waals surface area contributed by atoms with Crippen molar-refractivity contribution in [3.05, 3.63) is 76.5 Å². The van der Waals surface area contributed by atoms with Crippen molar-refractivity contribution in [1.82, 2.24) is 14.5 Å². The maximum absolute atomic E-state index is 12.6. The van der Waals surface area contributed by atoms with Gasteiger partial charge in [-0.3, -0.25) is 9.59 Å². The first kappa shape index (κ1) is 23.9. The molecule has 0 fully saturated rings. The fourth-order valence-electron chi connectivity index (χ4n) is 4.65. The standard InChI is InChI=1S/C27H24N4O6/c1-14-29-21-7-4-16-3-2-15(10-20(16)24(21)25(34)30-14)12-28-18-5-6-19-17(11-18)13-31(26(19)35)22(27(36)37)8-9-23(32)33/h2-7,10-11,13,22,28,35H,8-9,12H2,1H3,(H,32,33)(H,36,37)(H,29,30,34). The smallest absolute Gasteiger partial charge is 0.326 e. The third-order valence-corrected chi connectivity index (χ3v) is 6.44. The Kier molecular flexibility index (Phi) is 6.00. The Bertz CT molecular complexity index is 1750. The minimum Gasteiger partial charge on any atom is -0.494 e. The Morgan fingerprint density at radius 2 is 1.84 bits per heavy atom. The number of carboxylic acid groups (broad SMARTS) is 2. The van der Waals surface area contributed by atoms with Crippen LogP contribution in [0.3, 0.4) is 0 Å². The molecule has 1 atom stereocenters. The van der Waals surface area contributed by atoms with Crippen molar-refractivity contribution in [3.63, 3.8) is 0 Å². The molecule has 10 nitrogen and oxygen atoms in total. The summed E-state index contributed by atoms with van der Waals surface area (Å²) in [6.45, 7) is 2.20. The number of aryl methyl sites for hydroxylation is 1. The zero-order chi connectivity index (χ0) is 26.3. The molecular weight excluding hydrogens is 476 g/mol. The number of anilines is 1. The van der Waals surface area contributed by atoms with Crippen LogP contribution in [-0.4, -0.2) is 41.8 Å². The van der Waals surface area contributed by atoms with E-state index >= 15 is 0 Å². The van der Waals surface area contributed by atoms with Crippen LogP contribution in [-0.2, 0) is 16.1 Å². The van der Waals surface area contributed by atoms with Gasteiger partial charge < -0.3 is 30.2 Å². The third-order valence-electron chi connectivity index (χ3n) is 6.44.